The molecule has 12 nitrogen and oxygen atoms in total. The molecule has 2 aliphatic rings. The third-order valence-corrected chi connectivity index (χ3v) is 9.58. The predicted octanol–water partition coefficient (Wildman–Crippen LogP) is 5.59. The number of rotatable bonds is 11. The molecule has 0 aliphatic heterocycles. The van der Waals surface area contributed by atoms with Crippen LogP contribution in [0, 0.1) is 29.1 Å². The van der Waals surface area contributed by atoms with E-state index in [9.17, 15) is 29.1 Å². The average Bonchev–Trinajstić information content (AvgIpc) is 3.26. The van der Waals surface area contributed by atoms with Gasteiger partial charge >= 0.3 is 23.9 Å². The zero-order chi connectivity index (χ0) is 40.1. The van der Waals surface area contributed by atoms with Gasteiger partial charge in [-0.1, -0.05) is 85.4 Å². The van der Waals surface area contributed by atoms with Gasteiger partial charge in [-0.05, 0) is 36.5 Å². The first-order chi connectivity index (χ1) is 24.5. The Kier molecular flexibility index (Phi) is 14.4. The van der Waals surface area contributed by atoms with Crippen LogP contribution < -0.4 is 0 Å². The number of ketones is 1. The number of carbonyl (C=O) groups excluding carboxylic acids is 5. The Labute approximate surface area is 313 Å². The first-order valence-corrected chi connectivity index (χ1v) is 18.2. The molecule has 0 spiro atoms. The lowest BCUT2D eigenvalue weighted by Crippen LogP contribution is -2.58. The highest BCUT2D eigenvalue weighted by atomic mass is 16.6. The molecule has 0 amide bonds. The second kappa shape index (κ2) is 17.5. The van der Waals surface area contributed by atoms with E-state index in [0.29, 0.717) is 0 Å². The van der Waals surface area contributed by atoms with Crippen LogP contribution >= 0.6 is 0 Å². The summed E-state index contributed by atoms with van der Waals surface area (Å²) in [6.07, 6.45) is -3.74. The lowest BCUT2D eigenvalue weighted by Gasteiger charge is -2.44. The molecule has 12 heteroatoms. The molecule has 0 heterocycles. The molecule has 0 radical (unpaired) electrons. The van der Waals surface area contributed by atoms with E-state index in [1.807, 2.05) is 27.7 Å². The number of allylic oxidation sites excluding steroid dienone is 1. The number of hydrogen-bond acceptors (Lipinski definition) is 12. The quantitative estimate of drug-likeness (QED) is 0.170. The Bertz CT molecular complexity index is 1530. The van der Waals surface area contributed by atoms with Gasteiger partial charge in [-0.2, -0.15) is 0 Å². The summed E-state index contributed by atoms with van der Waals surface area (Å²) in [6, 6.07) is 8.14. The first kappa shape index (κ1) is 43.5. The van der Waals surface area contributed by atoms with E-state index in [0.717, 1.165) is 0 Å². The SMILES string of the molecule is C=C1C(OCC(C)C)C2[C@@H](OC(=O)c3ccccc3)[C@](C)(OC(C)=O)C[C@]2(O)C(=O)[C@@H](C)/C=C\C(C)(C)C(OC(C)=O)[C@H](OC(C)=O)[C@H]1OCC(C)C. The second-order valence-corrected chi connectivity index (χ2v) is 16.0. The monoisotopic (exact) mass is 742 g/mol. The third kappa shape index (κ3) is 10.4. The van der Waals surface area contributed by atoms with Crippen LogP contribution in [-0.4, -0.2) is 89.7 Å². The molecule has 0 saturated heterocycles. The van der Waals surface area contributed by atoms with Crippen molar-refractivity contribution in [3.63, 3.8) is 0 Å². The molecule has 9 atom stereocenters. The van der Waals surface area contributed by atoms with E-state index in [-0.39, 0.29) is 36.2 Å². The van der Waals surface area contributed by atoms with Crippen LogP contribution in [0.5, 0.6) is 0 Å². The molecule has 1 saturated carbocycles. The molecule has 1 aromatic carbocycles. The van der Waals surface area contributed by atoms with Gasteiger partial charge in [0.1, 0.15) is 23.4 Å². The zero-order valence-electron chi connectivity index (χ0n) is 33.0. The standard InChI is InChI=1S/C41H58O12/c1-23(2)20-48-32-26(6)33(49-21-24(3)4)34(50-27(7)42)37(51-28(8)43)39(10,11)19-18-25(5)35(45)41(47)22-40(12,53-29(9)44)36(31(32)41)52-38(46)30-16-14-13-15-17-30/h13-19,23-25,31-34,36-37,47H,6,20-22H2,1-5,7-12H3/b19-18-/t25-,31?,32?,33-,34+,36+,37?,40+,41+/m0/s1. The average molecular weight is 743 g/mol. The van der Waals surface area contributed by atoms with Crippen molar-refractivity contribution in [2.24, 2.45) is 29.1 Å². The van der Waals surface area contributed by atoms with Gasteiger partial charge in [-0.15, -0.1) is 0 Å². The Morgan fingerprint density at radius 2 is 1.38 bits per heavy atom. The van der Waals surface area contributed by atoms with E-state index >= 15 is 0 Å². The summed E-state index contributed by atoms with van der Waals surface area (Å²) in [5.41, 5.74) is -4.85. The van der Waals surface area contributed by atoms with Crippen molar-refractivity contribution < 1.29 is 57.5 Å². The number of esters is 4. The summed E-state index contributed by atoms with van der Waals surface area (Å²) in [6.45, 7) is 22.5. The van der Waals surface area contributed by atoms with Gasteiger partial charge < -0.3 is 33.5 Å². The van der Waals surface area contributed by atoms with Gasteiger partial charge in [-0.25, -0.2) is 4.79 Å². The molecule has 1 fully saturated rings. The fourth-order valence-electron chi connectivity index (χ4n) is 7.29. The molecular formula is C41H58O12. The first-order valence-electron chi connectivity index (χ1n) is 18.2. The van der Waals surface area contributed by atoms with Crippen molar-refractivity contribution in [1.82, 2.24) is 0 Å². The minimum atomic E-state index is -2.33. The molecule has 3 rings (SSSR count). The Balaban J connectivity index is 2.47. The molecular weight excluding hydrogens is 684 g/mol. The van der Waals surface area contributed by atoms with Crippen molar-refractivity contribution in [2.45, 2.75) is 124 Å². The maximum atomic E-state index is 14.8. The van der Waals surface area contributed by atoms with Gasteiger partial charge in [0.25, 0.3) is 0 Å². The van der Waals surface area contributed by atoms with Crippen molar-refractivity contribution in [2.75, 3.05) is 13.2 Å². The van der Waals surface area contributed by atoms with Crippen LogP contribution in [0.25, 0.3) is 0 Å². The van der Waals surface area contributed by atoms with E-state index < -0.39 is 95.1 Å². The van der Waals surface area contributed by atoms with E-state index in [2.05, 4.69) is 6.58 Å². The number of fused-ring (bicyclic) bond motifs is 1. The van der Waals surface area contributed by atoms with Crippen LogP contribution in [0.1, 0.15) is 92.9 Å². The molecule has 2 aliphatic carbocycles. The van der Waals surface area contributed by atoms with Crippen LogP contribution in [0.4, 0.5) is 0 Å². The van der Waals surface area contributed by atoms with Gasteiger partial charge in [0.15, 0.2) is 18.0 Å². The number of ether oxygens (including phenoxy) is 6. The topological polar surface area (TPSA) is 161 Å². The Morgan fingerprint density at radius 3 is 1.89 bits per heavy atom. The minimum absolute atomic E-state index is 0.0325. The third-order valence-electron chi connectivity index (χ3n) is 9.58. The lowest BCUT2D eigenvalue weighted by molar-refractivity contribution is -0.189. The van der Waals surface area contributed by atoms with Crippen molar-refractivity contribution in [3.8, 4) is 0 Å². The zero-order valence-corrected chi connectivity index (χ0v) is 33.0. The summed E-state index contributed by atoms with van der Waals surface area (Å²) in [5, 5.41) is 12.9. The van der Waals surface area contributed by atoms with Crippen molar-refractivity contribution in [3.05, 3.63) is 60.2 Å². The summed E-state index contributed by atoms with van der Waals surface area (Å²) in [5.74, 6) is -6.03. The smallest absolute Gasteiger partial charge is 0.338 e. The van der Waals surface area contributed by atoms with Gasteiger partial charge in [0.2, 0.25) is 0 Å². The summed E-state index contributed by atoms with van der Waals surface area (Å²) >= 11 is 0. The number of hydrogen-bond donors (Lipinski definition) is 1. The molecule has 294 valence electrons. The van der Waals surface area contributed by atoms with Crippen LogP contribution in [0.15, 0.2) is 54.6 Å². The van der Waals surface area contributed by atoms with E-state index in [4.69, 9.17) is 28.4 Å². The van der Waals surface area contributed by atoms with E-state index in [1.165, 1.54) is 27.7 Å². The highest BCUT2D eigenvalue weighted by Crippen LogP contribution is 2.52. The van der Waals surface area contributed by atoms with Crippen LogP contribution in [0.3, 0.4) is 0 Å². The lowest BCUT2D eigenvalue weighted by atomic mass is 9.72. The Morgan fingerprint density at radius 1 is 0.830 bits per heavy atom. The van der Waals surface area contributed by atoms with Crippen molar-refractivity contribution >= 4 is 29.7 Å². The highest BCUT2D eigenvalue weighted by Gasteiger charge is 2.69. The maximum absolute atomic E-state index is 14.8. The molecule has 1 aromatic rings. The summed E-state index contributed by atoms with van der Waals surface area (Å²) in [7, 11) is 0. The summed E-state index contributed by atoms with van der Waals surface area (Å²) in [4.78, 5) is 66.8. The molecule has 53 heavy (non-hydrogen) atoms. The summed E-state index contributed by atoms with van der Waals surface area (Å²) < 4.78 is 37.1. The van der Waals surface area contributed by atoms with Crippen molar-refractivity contribution in [1.29, 1.82) is 0 Å². The normalized spacial score (nSPS) is 32.2. The molecule has 0 aromatic heterocycles. The van der Waals surface area contributed by atoms with E-state index in [1.54, 1.807) is 63.3 Å². The van der Waals surface area contributed by atoms with Crippen LogP contribution in [0.2, 0.25) is 0 Å². The second-order valence-electron chi connectivity index (χ2n) is 16.0. The van der Waals surface area contributed by atoms with Crippen LogP contribution in [-0.2, 0) is 47.6 Å². The Hall–Kier alpha value is -3.87. The number of benzene rings is 1. The van der Waals surface area contributed by atoms with Gasteiger partial charge in [0, 0.05) is 51.7 Å². The highest BCUT2D eigenvalue weighted by molar-refractivity contribution is 5.92. The van der Waals surface area contributed by atoms with Gasteiger partial charge in [-0.3, -0.25) is 19.2 Å². The maximum Gasteiger partial charge on any atom is 0.338 e. The number of carbonyl (C=O) groups is 5. The largest absolute Gasteiger partial charge is 0.458 e. The molecule has 1 N–H and O–H groups in total. The molecule has 3 unspecified atom stereocenters. The fraction of sp³-hybridized carbons (Fsp3) is 0.634. The fourth-order valence-corrected chi connectivity index (χ4v) is 7.29. The minimum Gasteiger partial charge on any atom is -0.458 e. The molecule has 0 bridgehead atoms. The van der Waals surface area contributed by atoms with Gasteiger partial charge in [0.05, 0.1) is 17.6 Å². The number of Topliss-reactive ketones (excluding diaryl/α,β-unsaturated/α-hetero) is 1. The number of aliphatic hydroxyl groups is 1. The predicted molar refractivity (Wildman–Crippen MR) is 195 cm³/mol.